The Labute approximate surface area is 197 Å². The topological polar surface area (TPSA) is 103 Å². The predicted molar refractivity (Wildman–Crippen MR) is 128 cm³/mol. The normalized spacial score (nSPS) is 21.3. The molecule has 1 aromatic carbocycles. The Hall–Kier alpha value is -2.68. The maximum atomic E-state index is 13.5. The number of anilines is 2. The van der Waals surface area contributed by atoms with Gasteiger partial charge in [-0.15, -0.1) is 0 Å². The third-order valence-electron chi connectivity index (χ3n) is 6.55. The highest BCUT2D eigenvalue weighted by molar-refractivity contribution is 6.36. The Kier molecular flexibility index (Phi) is 6.48. The van der Waals surface area contributed by atoms with Gasteiger partial charge in [0.1, 0.15) is 17.8 Å². The Bertz CT molecular complexity index is 1140. The van der Waals surface area contributed by atoms with Crippen molar-refractivity contribution < 1.29 is 14.6 Å². The number of hydrogen-bond donors (Lipinski definition) is 3. The lowest BCUT2D eigenvalue weighted by Crippen LogP contribution is -2.36. The van der Waals surface area contributed by atoms with Gasteiger partial charge in [-0.25, -0.2) is 9.97 Å². The van der Waals surface area contributed by atoms with Gasteiger partial charge in [0, 0.05) is 30.5 Å². The number of carbonyl (C=O) groups excluding carboxylic acids is 1. The first-order valence-corrected chi connectivity index (χ1v) is 11.9. The number of halogens is 1. The summed E-state index contributed by atoms with van der Waals surface area (Å²) < 4.78 is 5.68. The van der Waals surface area contributed by atoms with E-state index in [-0.39, 0.29) is 24.5 Å². The number of aliphatic hydroxyl groups excluding tert-OH is 1. The molecule has 2 fully saturated rings. The smallest absolute Gasteiger partial charge is 0.196 e. The summed E-state index contributed by atoms with van der Waals surface area (Å²) in [7, 11) is 0. The van der Waals surface area contributed by atoms with E-state index < -0.39 is 0 Å². The Morgan fingerprint density at radius 1 is 1.21 bits per heavy atom. The van der Waals surface area contributed by atoms with E-state index >= 15 is 0 Å². The van der Waals surface area contributed by atoms with Crippen molar-refractivity contribution in [3.8, 4) is 0 Å². The number of aliphatic hydroxyl groups is 1. The van der Waals surface area contributed by atoms with E-state index in [0.29, 0.717) is 39.6 Å². The molecule has 2 saturated heterocycles. The van der Waals surface area contributed by atoms with Crippen LogP contribution in [0.15, 0.2) is 30.7 Å². The Morgan fingerprint density at radius 2 is 2.06 bits per heavy atom. The van der Waals surface area contributed by atoms with Gasteiger partial charge in [-0.2, -0.15) is 0 Å². The van der Waals surface area contributed by atoms with Gasteiger partial charge < -0.3 is 25.0 Å². The standard InChI is InChI=1S/C24H28ClN5O3/c25-20-10-16(30-8-2-1-3-9-30)5-7-18(20)22(32)19-11-26-23-21(19)24(28-14-27-23)29-15-4-6-17(12-31)33-13-15/h5,7,10-11,14-15,17,31H,1-4,6,8-9,12-13H2,(H2,26,27,28,29)/t15-,17+/m1/s1. The number of nitrogens with one attached hydrogen (secondary N) is 2. The number of ether oxygens (including phenoxy) is 1. The first kappa shape index (κ1) is 22.1. The lowest BCUT2D eigenvalue weighted by atomic mass is 10.0. The lowest BCUT2D eigenvalue weighted by Gasteiger charge is -2.29. The zero-order valence-corrected chi connectivity index (χ0v) is 19.1. The van der Waals surface area contributed by atoms with Gasteiger partial charge >= 0.3 is 0 Å². The molecule has 9 heteroatoms. The van der Waals surface area contributed by atoms with Crippen molar-refractivity contribution in [1.29, 1.82) is 0 Å². The number of rotatable bonds is 6. The lowest BCUT2D eigenvalue weighted by molar-refractivity contribution is -0.0224. The van der Waals surface area contributed by atoms with Crippen molar-refractivity contribution >= 4 is 39.9 Å². The highest BCUT2D eigenvalue weighted by Crippen LogP contribution is 2.31. The minimum absolute atomic E-state index is 0.0260. The number of hydrogen-bond acceptors (Lipinski definition) is 7. The van der Waals surface area contributed by atoms with Crippen LogP contribution in [-0.4, -0.2) is 64.3 Å². The molecule has 2 aromatic heterocycles. The minimum Gasteiger partial charge on any atom is -0.394 e. The number of aromatic nitrogens is 3. The van der Waals surface area contributed by atoms with Gasteiger partial charge in [0.15, 0.2) is 5.78 Å². The summed E-state index contributed by atoms with van der Waals surface area (Å²) in [6, 6.07) is 5.72. The quantitative estimate of drug-likeness (QED) is 0.472. The van der Waals surface area contributed by atoms with E-state index in [9.17, 15) is 9.90 Å². The van der Waals surface area contributed by atoms with E-state index in [1.807, 2.05) is 18.2 Å². The highest BCUT2D eigenvalue weighted by atomic mass is 35.5. The molecule has 4 heterocycles. The van der Waals surface area contributed by atoms with Gasteiger partial charge in [0.2, 0.25) is 0 Å². The van der Waals surface area contributed by atoms with Crippen molar-refractivity contribution in [3.63, 3.8) is 0 Å². The van der Waals surface area contributed by atoms with E-state index in [2.05, 4.69) is 25.2 Å². The molecular weight excluding hydrogens is 442 g/mol. The second-order valence-corrected chi connectivity index (χ2v) is 9.15. The van der Waals surface area contributed by atoms with Crippen LogP contribution in [0.1, 0.15) is 48.0 Å². The second kappa shape index (κ2) is 9.67. The van der Waals surface area contributed by atoms with Gasteiger partial charge in [-0.05, 0) is 50.3 Å². The minimum atomic E-state index is -0.172. The summed E-state index contributed by atoms with van der Waals surface area (Å²) >= 11 is 6.59. The molecule has 5 rings (SSSR count). The van der Waals surface area contributed by atoms with Crippen LogP contribution in [0.3, 0.4) is 0 Å². The van der Waals surface area contributed by atoms with Crippen LogP contribution in [0.5, 0.6) is 0 Å². The third-order valence-corrected chi connectivity index (χ3v) is 6.86. The number of ketones is 1. The zero-order valence-electron chi connectivity index (χ0n) is 18.4. The highest BCUT2D eigenvalue weighted by Gasteiger charge is 2.25. The fourth-order valence-electron chi connectivity index (χ4n) is 4.69. The summed E-state index contributed by atoms with van der Waals surface area (Å²) in [4.78, 5) is 27.6. The second-order valence-electron chi connectivity index (χ2n) is 8.75. The first-order chi connectivity index (χ1) is 16.1. The average molecular weight is 470 g/mol. The van der Waals surface area contributed by atoms with Crippen molar-refractivity contribution in [2.24, 2.45) is 0 Å². The average Bonchev–Trinajstić information content (AvgIpc) is 3.30. The molecule has 0 saturated carbocycles. The summed E-state index contributed by atoms with van der Waals surface area (Å²) in [5.41, 5.74) is 2.58. The van der Waals surface area contributed by atoms with Crippen molar-refractivity contribution in [2.75, 3.05) is 36.5 Å². The van der Waals surface area contributed by atoms with Crippen LogP contribution in [0.4, 0.5) is 11.5 Å². The number of fused-ring (bicyclic) bond motifs is 1. The van der Waals surface area contributed by atoms with Crippen LogP contribution in [-0.2, 0) is 4.74 Å². The van der Waals surface area contributed by atoms with Crippen LogP contribution in [0.2, 0.25) is 5.02 Å². The summed E-state index contributed by atoms with van der Waals surface area (Å²) in [5.74, 6) is 0.413. The van der Waals surface area contributed by atoms with E-state index in [4.69, 9.17) is 16.3 Å². The molecule has 174 valence electrons. The molecule has 3 aromatic rings. The molecule has 2 aliphatic heterocycles. The zero-order chi connectivity index (χ0) is 22.8. The van der Waals surface area contributed by atoms with E-state index in [1.165, 1.54) is 25.6 Å². The van der Waals surface area contributed by atoms with Gasteiger partial charge in [-0.3, -0.25) is 4.79 Å². The number of carbonyl (C=O) groups is 1. The molecule has 2 atom stereocenters. The summed E-state index contributed by atoms with van der Waals surface area (Å²) in [5, 5.41) is 13.8. The van der Waals surface area contributed by atoms with Gasteiger partial charge in [0.05, 0.1) is 41.3 Å². The number of benzene rings is 1. The molecular formula is C24H28ClN5O3. The number of piperidine rings is 1. The number of nitrogens with zero attached hydrogens (tertiary/aromatic N) is 3. The van der Waals surface area contributed by atoms with Crippen molar-refractivity contribution in [3.05, 3.63) is 46.9 Å². The summed E-state index contributed by atoms with van der Waals surface area (Å²) in [6.45, 7) is 2.52. The predicted octanol–water partition coefficient (Wildman–Crippen LogP) is 3.78. The molecule has 3 N–H and O–H groups in total. The molecule has 0 bridgehead atoms. The van der Waals surface area contributed by atoms with Crippen molar-refractivity contribution in [1.82, 2.24) is 15.0 Å². The first-order valence-electron chi connectivity index (χ1n) is 11.5. The Morgan fingerprint density at radius 3 is 2.79 bits per heavy atom. The van der Waals surface area contributed by atoms with Gasteiger partial charge in [0.25, 0.3) is 0 Å². The maximum Gasteiger partial charge on any atom is 0.196 e. The maximum absolute atomic E-state index is 13.5. The number of aromatic amines is 1. The molecule has 0 spiro atoms. The molecule has 0 unspecified atom stereocenters. The Balaban J connectivity index is 1.41. The fraction of sp³-hybridized carbons (Fsp3) is 0.458. The molecule has 0 amide bonds. The summed E-state index contributed by atoms with van der Waals surface area (Å²) in [6.07, 6.45) is 8.24. The monoisotopic (exact) mass is 469 g/mol. The molecule has 0 aliphatic carbocycles. The molecule has 2 aliphatic rings. The van der Waals surface area contributed by atoms with Crippen molar-refractivity contribution in [2.45, 2.75) is 44.2 Å². The molecule has 0 radical (unpaired) electrons. The third kappa shape index (κ3) is 4.55. The van der Waals surface area contributed by atoms with Gasteiger partial charge in [-0.1, -0.05) is 11.6 Å². The number of H-pyrrole nitrogens is 1. The molecule has 33 heavy (non-hydrogen) atoms. The van der Waals surface area contributed by atoms with E-state index in [0.717, 1.165) is 31.6 Å². The van der Waals surface area contributed by atoms with Crippen LogP contribution >= 0.6 is 11.6 Å². The van der Waals surface area contributed by atoms with E-state index in [1.54, 1.807) is 6.20 Å². The molecule has 8 nitrogen and oxygen atoms in total. The fourth-order valence-corrected chi connectivity index (χ4v) is 4.95. The largest absolute Gasteiger partial charge is 0.394 e. The van der Waals surface area contributed by atoms with Crippen LogP contribution in [0, 0.1) is 0 Å². The van der Waals surface area contributed by atoms with Crippen LogP contribution in [0.25, 0.3) is 11.0 Å². The SMILES string of the molecule is O=C(c1ccc(N2CCCCC2)cc1Cl)c1c[nH]c2ncnc(N[C@@H]3CC[C@@H](CO)OC3)c12. The van der Waals surface area contributed by atoms with Crippen LogP contribution < -0.4 is 10.2 Å².